The molecule has 2 saturated carbocycles. The Balaban J connectivity index is 1.96. The topological polar surface area (TPSA) is 66.4 Å². The minimum absolute atomic E-state index is 0.0177. The van der Waals surface area contributed by atoms with Gasteiger partial charge in [0.05, 0.1) is 11.8 Å². The summed E-state index contributed by atoms with van der Waals surface area (Å²) in [5.74, 6) is -1.12. The van der Waals surface area contributed by atoms with Crippen molar-refractivity contribution in [3.63, 3.8) is 0 Å². The standard InChI is InChI=1S/C16H27NO3/c1-11-7-3-2-4-10-14(11)17-15(18)12-8-5-6-9-13(12)16(19)20/h11-14H,2-10H2,1H3,(H,17,18)(H,19,20)/t11?,12-,13+,14?/m1/s1. The number of aliphatic carboxylic acids is 1. The number of hydrogen-bond acceptors (Lipinski definition) is 2. The summed E-state index contributed by atoms with van der Waals surface area (Å²) in [6.45, 7) is 2.20. The largest absolute Gasteiger partial charge is 0.481 e. The zero-order chi connectivity index (χ0) is 14.5. The van der Waals surface area contributed by atoms with E-state index < -0.39 is 11.9 Å². The number of amides is 1. The van der Waals surface area contributed by atoms with E-state index in [9.17, 15) is 14.7 Å². The summed E-state index contributed by atoms with van der Waals surface area (Å²) < 4.78 is 0. The highest BCUT2D eigenvalue weighted by Crippen LogP contribution is 2.31. The van der Waals surface area contributed by atoms with Gasteiger partial charge in [-0.15, -0.1) is 0 Å². The Morgan fingerprint density at radius 3 is 2.20 bits per heavy atom. The second-order valence-electron chi connectivity index (χ2n) is 6.57. The molecule has 0 aromatic rings. The fraction of sp³-hybridized carbons (Fsp3) is 0.875. The Morgan fingerprint density at radius 2 is 1.50 bits per heavy atom. The molecule has 4 atom stereocenters. The van der Waals surface area contributed by atoms with Gasteiger partial charge in [-0.2, -0.15) is 0 Å². The summed E-state index contributed by atoms with van der Waals surface area (Å²) in [6.07, 6.45) is 9.14. The van der Waals surface area contributed by atoms with Crippen LogP contribution in [0.15, 0.2) is 0 Å². The van der Waals surface area contributed by atoms with E-state index >= 15 is 0 Å². The third-order valence-corrected chi connectivity index (χ3v) is 5.11. The molecule has 0 aromatic carbocycles. The van der Waals surface area contributed by atoms with Gasteiger partial charge in [0.1, 0.15) is 0 Å². The fourth-order valence-corrected chi connectivity index (χ4v) is 3.74. The van der Waals surface area contributed by atoms with E-state index in [0.29, 0.717) is 12.3 Å². The summed E-state index contributed by atoms with van der Waals surface area (Å²) in [7, 11) is 0. The van der Waals surface area contributed by atoms with Crippen molar-refractivity contribution in [1.82, 2.24) is 5.32 Å². The van der Waals surface area contributed by atoms with Gasteiger partial charge in [0.2, 0.25) is 5.91 Å². The molecule has 2 aliphatic rings. The lowest BCUT2D eigenvalue weighted by Crippen LogP contribution is -2.46. The van der Waals surface area contributed by atoms with Crippen molar-refractivity contribution >= 4 is 11.9 Å². The highest BCUT2D eigenvalue weighted by Gasteiger charge is 2.36. The average Bonchev–Trinajstić information content (AvgIpc) is 2.64. The first kappa shape index (κ1) is 15.3. The molecule has 0 heterocycles. The molecule has 1 amide bonds. The lowest BCUT2D eigenvalue weighted by Gasteiger charge is -2.30. The van der Waals surface area contributed by atoms with Crippen LogP contribution in [0.3, 0.4) is 0 Å². The molecule has 0 radical (unpaired) electrons. The monoisotopic (exact) mass is 281 g/mol. The number of carboxylic acid groups (broad SMARTS) is 1. The van der Waals surface area contributed by atoms with Crippen LogP contribution >= 0.6 is 0 Å². The van der Waals surface area contributed by atoms with Crippen LogP contribution in [0.1, 0.15) is 64.7 Å². The van der Waals surface area contributed by atoms with Crippen LogP contribution in [0.25, 0.3) is 0 Å². The maximum absolute atomic E-state index is 12.5. The summed E-state index contributed by atoms with van der Waals surface area (Å²) in [5, 5.41) is 12.4. The van der Waals surface area contributed by atoms with Gasteiger partial charge in [-0.3, -0.25) is 9.59 Å². The van der Waals surface area contributed by atoms with Gasteiger partial charge in [0, 0.05) is 6.04 Å². The number of nitrogens with one attached hydrogen (secondary N) is 1. The third-order valence-electron chi connectivity index (χ3n) is 5.11. The Kier molecular flexibility index (Phi) is 5.44. The van der Waals surface area contributed by atoms with Crippen molar-refractivity contribution in [1.29, 1.82) is 0 Å². The third kappa shape index (κ3) is 3.74. The molecule has 2 fully saturated rings. The van der Waals surface area contributed by atoms with Crippen molar-refractivity contribution in [2.45, 2.75) is 70.8 Å². The van der Waals surface area contributed by atoms with E-state index in [1.807, 2.05) is 0 Å². The molecule has 0 aliphatic heterocycles. The highest BCUT2D eigenvalue weighted by atomic mass is 16.4. The Morgan fingerprint density at radius 1 is 0.900 bits per heavy atom. The maximum atomic E-state index is 12.5. The van der Waals surface area contributed by atoms with Gasteiger partial charge >= 0.3 is 5.97 Å². The van der Waals surface area contributed by atoms with Gasteiger partial charge in [0.15, 0.2) is 0 Å². The van der Waals surface area contributed by atoms with Crippen LogP contribution in [0.4, 0.5) is 0 Å². The molecular weight excluding hydrogens is 254 g/mol. The average molecular weight is 281 g/mol. The first-order valence-electron chi connectivity index (χ1n) is 8.12. The van der Waals surface area contributed by atoms with Crippen LogP contribution in [0.2, 0.25) is 0 Å². The molecule has 4 nitrogen and oxygen atoms in total. The Hall–Kier alpha value is -1.06. The van der Waals surface area contributed by atoms with E-state index in [-0.39, 0.29) is 17.9 Å². The number of hydrogen-bond donors (Lipinski definition) is 2. The molecule has 114 valence electrons. The molecule has 0 spiro atoms. The van der Waals surface area contributed by atoms with E-state index in [1.165, 1.54) is 19.3 Å². The van der Waals surface area contributed by atoms with Crippen molar-refractivity contribution in [3.8, 4) is 0 Å². The predicted molar refractivity (Wildman–Crippen MR) is 77.3 cm³/mol. The zero-order valence-corrected chi connectivity index (χ0v) is 12.4. The molecule has 2 aliphatic carbocycles. The Bertz CT molecular complexity index is 356. The lowest BCUT2D eigenvalue weighted by atomic mass is 9.78. The SMILES string of the molecule is CC1CCCCCC1NC(=O)[C@@H]1CCCC[C@@H]1C(=O)O. The van der Waals surface area contributed by atoms with Gasteiger partial charge in [0.25, 0.3) is 0 Å². The van der Waals surface area contributed by atoms with Crippen molar-refractivity contribution in [2.75, 3.05) is 0 Å². The molecule has 2 N–H and O–H groups in total. The summed E-state index contributed by atoms with van der Waals surface area (Å²) in [4.78, 5) is 23.8. The quantitative estimate of drug-likeness (QED) is 0.782. The molecular formula is C16H27NO3. The number of carboxylic acids is 1. The minimum atomic E-state index is -0.807. The van der Waals surface area contributed by atoms with E-state index in [4.69, 9.17) is 0 Å². The second kappa shape index (κ2) is 7.09. The Labute approximate surface area is 121 Å². The maximum Gasteiger partial charge on any atom is 0.307 e. The lowest BCUT2D eigenvalue weighted by molar-refractivity contribution is -0.149. The van der Waals surface area contributed by atoms with Gasteiger partial charge < -0.3 is 10.4 Å². The first-order chi connectivity index (χ1) is 9.59. The van der Waals surface area contributed by atoms with Crippen molar-refractivity contribution < 1.29 is 14.7 Å². The molecule has 2 rings (SSSR count). The number of carbonyl (C=O) groups is 2. The van der Waals surface area contributed by atoms with Gasteiger partial charge in [-0.25, -0.2) is 0 Å². The molecule has 0 saturated heterocycles. The molecule has 0 aromatic heterocycles. The highest BCUT2D eigenvalue weighted by molar-refractivity contribution is 5.85. The van der Waals surface area contributed by atoms with Crippen LogP contribution in [-0.4, -0.2) is 23.0 Å². The van der Waals surface area contributed by atoms with Gasteiger partial charge in [-0.1, -0.05) is 39.0 Å². The van der Waals surface area contributed by atoms with Crippen molar-refractivity contribution in [3.05, 3.63) is 0 Å². The molecule has 20 heavy (non-hydrogen) atoms. The predicted octanol–water partition coefficient (Wildman–Crippen LogP) is 2.96. The summed E-state index contributed by atoms with van der Waals surface area (Å²) >= 11 is 0. The number of carbonyl (C=O) groups excluding carboxylic acids is 1. The van der Waals surface area contributed by atoms with Crippen LogP contribution in [0, 0.1) is 17.8 Å². The molecule has 4 heteroatoms. The number of rotatable bonds is 3. The second-order valence-corrected chi connectivity index (χ2v) is 6.57. The van der Waals surface area contributed by atoms with E-state index in [0.717, 1.165) is 32.1 Å². The molecule has 0 bridgehead atoms. The molecule has 2 unspecified atom stereocenters. The normalized spacial score (nSPS) is 35.0. The van der Waals surface area contributed by atoms with E-state index in [2.05, 4.69) is 12.2 Å². The van der Waals surface area contributed by atoms with Gasteiger partial charge in [-0.05, 0) is 31.6 Å². The summed E-state index contributed by atoms with van der Waals surface area (Å²) in [5.41, 5.74) is 0. The first-order valence-corrected chi connectivity index (χ1v) is 8.12. The minimum Gasteiger partial charge on any atom is -0.481 e. The zero-order valence-electron chi connectivity index (χ0n) is 12.4. The van der Waals surface area contributed by atoms with Crippen LogP contribution in [-0.2, 0) is 9.59 Å². The van der Waals surface area contributed by atoms with Crippen LogP contribution in [0.5, 0.6) is 0 Å². The van der Waals surface area contributed by atoms with Crippen molar-refractivity contribution in [2.24, 2.45) is 17.8 Å². The fourth-order valence-electron chi connectivity index (χ4n) is 3.74. The van der Waals surface area contributed by atoms with Crippen LogP contribution < -0.4 is 5.32 Å². The summed E-state index contributed by atoms with van der Waals surface area (Å²) in [6, 6.07) is 0.237. The smallest absolute Gasteiger partial charge is 0.307 e. The van der Waals surface area contributed by atoms with E-state index in [1.54, 1.807) is 0 Å².